The molecule has 21 heavy (non-hydrogen) atoms. The van der Waals surface area contributed by atoms with Crippen LogP contribution in [0.15, 0.2) is 29.6 Å². The molecule has 0 spiro atoms. The van der Waals surface area contributed by atoms with Gasteiger partial charge in [0.2, 0.25) is 0 Å². The van der Waals surface area contributed by atoms with Crippen molar-refractivity contribution in [2.24, 2.45) is 0 Å². The third-order valence-corrected chi connectivity index (χ3v) is 5.61. The molecule has 0 radical (unpaired) electrons. The molecule has 2 aromatic rings. The zero-order valence-corrected chi connectivity index (χ0v) is 12.9. The van der Waals surface area contributed by atoms with Gasteiger partial charge in [-0.2, -0.15) is 0 Å². The van der Waals surface area contributed by atoms with E-state index in [-0.39, 0.29) is 12.6 Å². The summed E-state index contributed by atoms with van der Waals surface area (Å²) in [7, 11) is 0. The Morgan fingerprint density at radius 1 is 1.29 bits per heavy atom. The monoisotopic (exact) mass is 300 g/mol. The first kappa shape index (κ1) is 13.4. The maximum absolute atomic E-state index is 9.83. The van der Waals surface area contributed by atoms with Gasteiger partial charge in [0.05, 0.1) is 23.4 Å². The summed E-state index contributed by atoms with van der Waals surface area (Å²) in [5, 5.41) is 13.3. The van der Waals surface area contributed by atoms with Crippen LogP contribution in [0.2, 0.25) is 0 Å². The molecule has 0 bridgehead atoms. The van der Waals surface area contributed by atoms with Gasteiger partial charge >= 0.3 is 0 Å². The summed E-state index contributed by atoms with van der Waals surface area (Å²) < 4.78 is 0. The van der Waals surface area contributed by atoms with Gasteiger partial charge in [0.15, 0.2) is 0 Å². The van der Waals surface area contributed by atoms with Crippen molar-refractivity contribution in [3.05, 3.63) is 51.5 Å². The minimum atomic E-state index is 0.112. The highest BCUT2D eigenvalue weighted by atomic mass is 32.1. The fourth-order valence-electron chi connectivity index (χ4n) is 3.23. The molecule has 110 valence electrons. The van der Waals surface area contributed by atoms with E-state index >= 15 is 0 Å². The van der Waals surface area contributed by atoms with Crippen molar-refractivity contribution < 1.29 is 5.11 Å². The molecule has 2 heterocycles. The minimum absolute atomic E-state index is 0.112. The number of thiazole rings is 1. The quantitative estimate of drug-likeness (QED) is 0.942. The Morgan fingerprint density at radius 3 is 2.95 bits per heavy atom. The molecule has 1 fully saturated rings. The first-order chi connectivity index (χ1) is 10.3. The van der Waals surface area contributed by atoms with E-state index in [1.165, 1.54) is 34.7 Å². The second kappa shape index (κ2) is 5.52. The Hall–Kier alpha value is -1.23. The smallest absolute Gasteiger partial charge is 0.0959 e. The van der Waals surface area contributed by atoms with E-state index in [4.69, 9.17) is 4.98 Å². The lowest BCUT2D eigenvalue weighted by atomic mass is 9.93. The molecular formula is C17H20N2OS. The molecule has 1 atom stereocenters. The van der Waals surface area contributed by atoms with Crippen molar-refractivity contribution in [1.29, 1.82) is 0 Å². The number of aliphatic hydroxyl groups is 1. The molecule has 3 nitrogen and oxygen atoms in total. The van der Waals surface area contributed by atoms with Crippen LogP contribution >= 0.6 is 11.3 Å². The van der Waals surface area contributed by atoms with E-state index in [2.05, 4.69) is 34.5 Å². The van der Waals surface area contributed by atoms with Gasteiger partial charge in [-0.25, -0.2) is 4.98 Å². The van der Waals surface area contributed by atoms with Gasteiger partial charge < -0.3 is 5.11 Å². The lowest BCUT2D eigenvalue weighted by Crippen LogP contribution is -2.36. The van der Waals surface area contributed by atoms with E-state index < -0.39 is 0 Å². The average Bonchev–Trinajstić information content (AvgIpc) is 3.27. The molecule has 4 rings (SSSR count). The zero-order chi connectivity index (χ0) is 14.2. The number of aliphatic hydroxyl groups excluding tert-OH is 1. The zero-order valence-electron chi connectivity index (χ0n) is 12.0. The van der Waals surface area contributed by atoms with Gasteiger partial charge in [0, 0.05) is 24.4 Å². The highest BCUT2D eigenvalue weighted by molar-refractivity contribution is 7.09. The Morgan fingerprint density at radius 2 is 2.14 bits per heavy atom. The van der Waals surface area contributed by atoms with Crippen LogP contribution in [0.1, 0.15) is 46.6 Å². The van der Waals surface area contributed by atoms with Crippen LogP contribution in [-0.4, -0.2) is 28.1 Å². The van der Waals surface area contributed by atoms with Gasteiger partial charge in [-0.05, 0) is 30.4 Å². The second-order valence-corrected chi connectivity index (χ2v) is 6.96. The molecule has 1 aliphatic heterocycles. The van der Waals surface area contributed by atoms with E-state index in [1.807, 2.05) is 0 Å². The largest absolute Gasteiger partial charge is 0.394 e. The maximum atomic E-state index is 9.83. The summed E-state index contributed by atoms with van der Waals surface area (Å²) in [5.41, 5.74) is 3.83. The first-order valence-electron chi connectivity index (χ1n) is 7.72. The summed E-state index contributed by atoms with van der Waals surface area (Å²) in [6, 6.07) is 8.60. The van der Waals surface area contributed by atoms with Crippen LogP contribution in [0.3, 0.4) is 0 Å². The molecule has 1 aromatic carbocycles. The molecule has 1 saturated carbocycles. The SMILES string of the molecule is OCC1c2ccccc2CCN1Cc1csc(C2CC2)n1. The number of hydrogen-bond donors (Lipinski definition) is 1. The van der Waals surface area contributed by atoms with Crippen LogP contribution < -0.4 is 0 Å². The number of hydrogen-bond acceptors (Lipinski definition) is 4. The normalized spacial score (nSPS) is 22.2. The van der Waals surface area contributed by atoms with E-state index in [9.17, 15) is 5.11 Å². The van der Waals surface area contributed by atoms with Gasteiger partial charge in [-0.15, -0.1) is 11.3 Å². The van der Waals surface area contributed by atoms with Crippen LogP contribution in [-0.2, 0) is 13.0 Å². The van der Waals surface area contributed by atoms with Crippen molar-refractivity contribution in [1.82, 2.24) is 9.88 Å². The van der Waals surface area contributed by atoms with Crippen LogP contribution in [0.5, 0.6) is 0 Å². The molecule has 0 saturated heterocycles. The molecule has 0 amide bonds. The molecule has 2 aliphatic rings. The van der Waals surface area contributed by atoms with Crippen molar-refractivity contribution in [3.8, 4) is 0 Å². The lowest BCUT2D eigenvalue weighted by molar-refractivity contribution is 0.107. The minimum Gasteiger partial charge on any atom is -0.394 e. The Kier molecular flexibility index (Phi) is 3.53. The molecule has 1 aromatic heterocycles. The predicted octanol–water partition coefficient (Wildman–Crippen LogP) is 3.11. The average molecular weight is 300 g/mol. The number of rotatable bonds is 4. The van der Waals surface area contributed by atoms with Gasteiger partial charge in [-0.1, -0.05) is 24.3 Å². The van der Waals surface area contributed by atoms with Gasteiger partial charge in [0.25, 0.3) is 0 Å². The standard InChI is InChI=1S/C17H20N2OS/c20-10-16-15-4-2-1-3-12(15)7-8-19(16)9-14-11-21-17(18-14)13-5-6-13/h1-4,11,13,16,20H,5-10H2. The summed E-state index contributed by atoms with van der Waals surface area (Å²) in [6.45, 7) is 2.03. The second-order valence-electron chi connectivity index (χ2n) is 6.07. The number of aromatic nitrogens is 1. The highest BCUT2D eigenvalue weighted by Gasteiger charge is 2.29. The Balaban J connectivity index is 1.54. The summed E-state index contributed by atoms with van der Waals surface area (Å²) >= 11 is 1.80. The Labute approximate surface area is 129 Å². The molecule has 1 unspecified atom stereocenters. The van der Waals surface area contributed by atoms with Crippen LogP contribution in [0.4, 0.5) is 0 Å². The highest BCUT2D eigenvalue weighted by Crippen LogP contribution is 2.41. The van der Waals surface area contributed by atoms with E-state index in [0.717, 1.165) is 25.4 Å². The van der Waals surface area contributed by atoms with Crippen molar-refractivity contribution >= 4 is 11.3 Å². The number of nitrogens with zero attached hydrogens (tertiary/aromatic N) is 2. The number of benzene rings is 1. The Bertz CT molecular complexity index is 635. The molecular weight excluding hydrogens is 280 g/mol. The summed E-state index contributed by atoms with van der Waals surface area (Å²) in [6.07, 6.45) is 3.68. The van der Waals surface area contributed by atoms with Crippen molar-refractivity contribution in [2.45, 2.75) is 37.8 Å². The number of fused-ring (bicyclic) bond motifs is 1. The topological polar surface area (TPSA) is 36.4 Å². The van der Waals surface area contributed by atoms with Crippen LogP contribution in [0, 0.1) is 0 Å². The first-order valence-corrected chi connectivity index (χ1v) is 8.60. The van der Waals surface area contributed by atoms with Crippen LogP contribution in [0.25, 0.3) is 0 Å². The predicted molar refractivity (Wildman–Crippen MR) is 84.5 cm³/mol. The van der Waals surface area contributed by atoms with Gasteiger partial charge in [0.1, 0.15) is 0 Å². The maximum Gasteiger partial charge on any atom is 0.0959 e. The molecule has 1 N–H and O–H groups in total. The van der Waals surface area contributed by atoms with E-state index in [1.54, 1.807) is 11.3 Å². The fraction of sp³-hybridized carbons (Fsp3) is 0.471. The molecule has 4 heteroatoms. The van der Waals surface area contributed by atoms with Gasteiger partial charge in [-0.3, -0.25) is 4.90 Å². The van der Waals surface area contributed by atoms with E-state index in [0.29, 0.717) is 0 Å². The third-order valence-electron chi connectivity index (χ3n) is 4.56. The summed E-state index contributed by atoms with van der Waals surface area (Å²) in [5.74, 6) is 0.736. The lowest BCUT2D eigenvalue weighted by Gasteiger charge is -2.35. The summed E-state index contributed by atoms with van der Waals surface area (Å²) in [4.78, 5) is 7.16. The molecule has 1 aliphatic carbocycles. The fourth-order valence-corrected chi connectivity index (χ4v) is 4.21. The van der Waals surface area contributed by atoms with Crippen molar-refractivity contribution in [2.75, 3.05) is 13.2 Å². The third kappa shape index (κ3) is 2.63. The van der Waals surface area contributed by atoms with Crippen molar-refractivity contribution in [3.63, 3.8) is 0 Å².